The zero-order valence-electron chi connectivity index (χ0n) is 10.3. The lowest BCUT2D eigenvalue weighted by molar-refractivity contribution is 0.123. The second-order valence-corrected chi connectivity index (χ2v) is 4.08. The lowest BCUT2D eigenvalue weighted by atomic mass is 10.1. The lowest BCUT2D eigenvalue weighted by Crippen LogP contribution is -2.01. The van der Waals surface area contributed by atoms with Crippen LogP contribution in [-0.4, -0.2) is 11.6 Å². The van der Waals surface area contributed by atoms with Crippen molar-refractivity contribution in [3.05, 3.63) is 65.2 Å². The van der Waals surface area contributed by atoms with Gasteiger partial charge in [-0.3, -0.25) is 4.98 Å². The third kappa shape index (κ3) is 4.16. The van der Waals surface area contributed by atoms with Crippen molar-refractivity contribution in [2.75, 3.05) is 6.61 Å². The van der Waals surface area contributed by atoms with Crippen molar-refractivity contribution in [1.29, 1.82) is 5.26 Å². The lowest BCUT2D eigenvalue weighted by Gasteiger charge is -2.05. The van der Waals surface area contributed by atoms with Gasteiger partial charge in [-0.25, -0.2) is 4.39 Å². The zero-order valence-corrected chi connectivity index (χ0v) is 10.3. The van der Waals surface area contributed by atoms with Gasteiger partial charge in [-0.2, -0.15) is 5.26 Å². The van der Waals surface area contributed by atoms with Crippen LogP contribution in [0, 0.1) is 17.1 Å². The standard InChI is InChI=1S/C15H13FN2O/c16-14-8-12(10-17)7-13(9-14)11-19-6-4-15-3-1-2-5-18-15/h1-3,5,7-9H,4,6,11H2. The number of nitrogens with zero attached hydrogens (tertiary/aromatic N) is 2. The average Bonchev–Trinajstić information content (AvgIpc) is 2.44. The van der Waals surface area contributed by atoms with Crippen LogP contribution in [-0.2, 0) is 17.8 Å². The maximum Gasteiger partial charge on any atom is 0.124 e. The van der Waals surface area contributed by atoms with E-state index in [2.05, 4.69) is 4.98 Å². The predicted octanol–water partition coefficient (Wildman–Crippen LogP) is 2.85. The maximum absolute atomic E-state index is 13.2. The molecule has 96 valence electrons. The third-order valence-electron chi connectivity index (χ3n) is 2.58. The molecule has 1 aromatic carbocycles. The van der Waals surface area contributed by atoms with Crippen LogP contribution >= 0.6 is 0 Å². The van der Waals surface area contributed by atoms with E-state index in [0.717, 1.165) is 5.69 Å². The second kappa shape index (κ2) is 6.62. The van der Waals surface area contributed by atoms with E-state index >= 15 is 0 Å². The SMILES string of the molecule is N#Cc1cc(F)cc(COCCc2ccccn2)c1. The number of nitriles is 1. The average molecular weight is 256 g/mol. The fourth-order valence-electron chi connectivity index (χ4n) is 1.71. The normalized spacial score (nSPS) is 10.1. The number of ether oxygens (including phenoxy) is 1. The van der Waals surface area contributed by atoms with Crippen LogP contribution in [0.2, 0.25) is 0 Å². The van der Waals surface area contributed by atoms with Crippen molar-refractivity contribution in [3.63, 3.8) is 0 Å². The molecule has 0 saturated carbocycles. The fourth-order valence-corrected chi connectivity index (χ4v) is 1.71. The van der Waals surface area contributed by atoms with E-state index in [1.165, 1.54) is 12.1 Å². The second-order valence-electron chi connectivity index (χ2n) is 4.08. The van der Waals surface area contributed by atoms with Gasteiger partial charge in [-0.15, -0.1) is 0 Å². The Morgan fingerprint density at radius 2 is 2.16 bits per heavy atom. The monoisotopic (exact) mass is 256 g/mol. The van der Waals surface area contributed by atoms with Gasteiger partial charge in [0.2, 0.25) is 0 Å². The molecule has 0 radical (unpaired) electrons. The van der Waals surface area contributed by atoms with Gasteiger partial charge in [-0.05, 0) is 35.9 Å². The minimum Gasteiger partial charge on any atom is -0.376 e. The van der Waals surface area contributed by atoms with Crippen LogP contribution in [0.3, 0.4) is 0 Å². The summed E-state index contributed by atoms with van der Waals surface area (Å²) >= 11 is 0. The highest BCUT2D eigenvalue weighted by atomic mass is 19.1. The number of halogens is 1. The maximum atomic E-state index is 13.2. The molecule has 0 aliphatic heterocycles. The number of pyridine rings is 1. The quantitative estimate of drug-likeness (QED) is 0.773. The molecule has 0 bridgehead atoms. The molecule has 0 saturated heterocycles. The number of aromatic nitrogens is 1. The third-order valence-corrected chi connectivity index (χ3v) is 2.58. The Bertz CT molecular complexity index is 578. The predicted molar refractivity (Wildman–Crippen MR) is 68.7 cm³/mol. The van der Waals surface area contributed by atoms with Crippen LogP contribution in [0.25, 0.3) is 0 Å². The zero-order chi connectivity index (χ0) is 13.5. The van der Waals surface area contributed by atoms with Crippen molar-refractivity contribution >= 4 is 0 Å². The van der Waals surface area contributed by atoms with Crippen molar-refractivity contribution in [3.8, 4) is 6.07 Å². The molecule has 1 heterocycles. The van der Waals surface area contributed by atoms with Crippen molar-refractivity contribution in [2.45, 2.75) is 13.0 Å². The minimum atomic E-state index is -0.414. The van der Waals surface area contributed by atoms with Gasteiger partial charge < -0.3 is 4.74 Å². The Balaban J connectivity index is 1.83. The molecule has 19 heavy (non-hydrogen) atoms. The van der Waals surface area contributed by atoms with Gasteiger partial charge in [-0.1, -0.05) is 6.07 Å². The molecule has 0 fully saturated rings. The van der Waals surface area contributed by atoms with E-state index in [4.69, 9.17) is 10.00 Å². The number of hydrogen-bond acceptors (Lipinski definition) is 3. The molecule has 2 rings (SSSR count). The van der Waals surface area contributed by atoms with Crippen molar-refractivity contribution in [2.24, 2.45) is 0 Å². The van der Waals surface area contributed by atoms with Gasteiger partial charge in [0, 0.05) is 18.3 Å². The van der Waals surface area contributed by atoms with E-state index in [0.29, 0.717) is 30.8 Å². The molecule has 0 N–H and O–H groups in total. The Morgan fingerprint density at radius 1 is 1.26 bits per heavy atom. The van der Waals surface area contributed by atoms with E-state index in [9.17, 15) is 4.39 Å². The van der Waals surface area contributed by atoms with Gasteiger partial charge in [0.15, 0.2) is 0 Å². The Hall–Kier alpha value is -2.25. The first-order chi connectivity index (χ1) is 9.28. The highest BCUT2D eigenvalue weighted by Gasteiger charge is 2.01. The number of benzene rings is 1. The van der Waals surface area contributed by atoms with E-state index in [-0.39, 0.29) is 0 Å². The van der Waals surface area contributed by atoms with Gasteiger partial charge in [0.05, 0.1) is 24.8 Å². The highest BCUT2D eigenvalue weighted by molar-refractivity contribution is 5.33. The molecule has 2 aromatic rings. The summed E-state index contributed by atoms with van der Waals surface area (Å²) in [4.78, 5) is 4.18. The molecule has 0 atom stereocenters. The fraction of sp³-hybridized carbons (Fsp3) is 0.200. The van der Waals surface area contributed by atoms with Crippen LogP contribution in [0.4, 0.5) is 4.39 Å². The van der Waals surface area contributed by atoms with Crippen LogP contribution in [0.15, 0.2) is 42.6 Å². The molecule has 1 aromatic heterocycles. The first-order valence-electron chi connectivity index (χ1n) is 5.95. The largest absolute Gasteiger partial charge is 0.376 e. The van der Waals surface area contributed by atoms with Crippen LogP contribution in [0.1, 0.15) is 16.8 Å². The molecule has 0 aliphatic rings. The summed E-state index contributed by atoms with van der Waals surface area (Å²) in [5, 5.41) is 8.74. The molecular formula is C15H13FN2O. The van der Waals surface area contributed by atoms with Crippen LogP contribution < -0.4 is 0 Å². The molecule has 0 unspecified atom stereocenters. The van der Waals surface area contributed by atoms with E-state index in [1.807, 2.05) is 24.3 Å². The Morgan fingerprint density at radius 3 is 2.89 bits per heavy atom. The smallest absolute Gasteiger partial charge is 0.124 e. The molecule has 0 aliphatic carbocycles. The first-order valence-corrected chi connectivity index (χ1v) is 5.95. The number of hydrogen-bond donors (Lipinski definition) is 0. The van der Waals surface area contributed by atoms with Crippen molar-refractivity contribution < 1.29 is 9.13 Å². The highest BCUT2D eigenvalue weighted by Crippen LogP contribution is 2.09. The summed E-state index contributed by atoms with van der Waals surface area (Å²) in [5.41, 5.74) is 1.93. The molecule has 0 spiro atoms. The molecule has 3 nitrogen and oxygen atoms in total. The number of rotatable bonds is 5. The van der Waals surface area contributed by atoms with Gasteiger partial charge >= 0.3 is 0 Å². The molecular weight excluding hydrogens is 243 g/mol. The molecule has 4 heteroatoms. The van der Waals surface area contributed by atoms with Gasteiger partial charge in [0.25, 0.3) is 0 Å². The van der Waals surface area contributed by atoms with Crippen molar-refractivity contribution in [1.82, 2.24) is 4.98 Å². The summed E-state index contributed by atoms with van der Waals surface area (Å²) in [6.07, 6.45) is 2.45. The minimum absolute atomic E-state index is 0.291. The Labute approximate surface area is 111 Å². The van der Waals surface area contributed by atoms with Crippen LogP contribution in [0.5, 0.6) is 0 Å². The summed E-state index contributed by atoms with van der Waals surface area (Å²) < 4.78 is 18.6. The topological polar surface area (TPSA) is 45.9 Å². The Kier molecular flexibility index (Phi) is 4.60. The molecule has 0 amide bonds. The summed E-state index contributed by atoms with van der Waals surface area (Å²) in [5.74, 6) is -0.414. The summed E-state index contributed by atoms with van der Waals surface area (Å²) in [6, 6.07) is 11.8. The van der Waals surface area contributed by atoms with Gasteiger partial charge in [0.1, 0.15) is 5.82 Å². The summed E-state index contributed by atoms with van der Waals surface area (Å²) in [7, 11) is 0. The summed E-state index contributed by atoms with van der Waals surface area (Å²) in [6.45, 7) is 0.800. The first kappa shape index (κ1) is 13.2. The van der Waals surface area contributed by atoms with E-state index in [1.54, 1.807) is 12.3 Å². The van der Waals surface area contributed by atoms with E-state index < -0.39 is 5.82 Å².